The Morgan fingerprint density at radius 2 is 2.32 bits per heavy atom. The molecule has 0 bridgehead atoms. The third kappa shape index (κ3) is 5.00. The van der Waals surface area contributed by atoms with Crippen LogP contribution in [-0.4, -0.2) is 42.3 Å². The second kappa shape index (κ2) is 8.66. The topological polar surface area (TPSA) is 68.2 Å². The molecule has 0 saturated carbocycles. The van der Waals surface area contributed by atoms with Crippen LogP contribution in [0.15, 0.2) is 12.5 Å². The number of amides is 1. The molecule has 1 atom stereocenters. The van der Waals surface area contributed by atoms with Gasteiger partial charge in [-0.1, -0.05) is 6.92 Å². The predicted octanol–water partition coefficient (Wildman–Crippen LogP) is 0.706. The van der Waals surface area contributed by atoms with Crippen LogP contribution in [0.4, 0.5) is 0 Å². The van der Waals surface area contributed by atoms with E-state index in [-0.39, 0.29) is 11.9 Å². The third-order valence-corrected chi connectivity index (χ3v) is 2.88. The predicted molar refractivity (Wildman–Crippen MR) is 73.8 cm³/mol. The Morgan fingerprint density at radius 1 is 1.53 bits per heavy atom. The SMILES string of the molecule is CCCNC(=O)C(C)n1cncc1CNCCOC. The summed E-state index contributed by atoms with van der Waals surface area (Å²) >= 11 is 0. The molecular formula is C13H24N4O2. The van der Waals surface area contributed by atoms with E-state index in [0.29, 0.717) is 19.7 Å². The van der Waals surface area contributed by atoms with E-state index in [1.54, 1.807) is 19.6 Å². The van der Waals surface area contributed by atoms with Crippen LogP contribution >= 0.6 is 0 Å². The van der Waals surface area contributed by atoms with Crippen molar-refractivity contribution in [3.05, 3.63) is 18.2 Å². The van der Waals surface area contributed by atoms with Gasteiger partial charge in [0.05, 0.1) is 18.6 Å². The maximum absolute atomic E-state index is 11.9. The molecule has 0 radical (unpaired) electrons. The average Bonchev–Trinajstić information content (AvgIpc) is 2.88. The quantitative estimate of drug-likeness (QED) is 0.647. The Balaban J connectivity index is 2.52. The lowest BCUT2D eigenvalue weighted by atomic mass is 10.3. The number of nitrogens with one attached hydrogen (secondary N) is 2. The summed E-state index contributed by atoms with van der Waals surface area (Å²) in [5, 5.41) is 6.14. The average molecular weight is 268 g/mol. The van der Waals surface area contributed by atoms with E-state index in [2.05, 4.69) is 15.6 Å². The Bertz CT molecular complexity index is 378. The summed E-state index contributed by atoms with van der Waals surface area (Å²) in [7, 11) is 1.67. The second-order valence-corrected chi connectivity index (χ2v) is 4.43. The van der Waals surface area contributed by atoms with Crippen molar-refractivity contribution in [1.82, 2.24) is 20.2 Å². The highest BCUT2D eigenvalue weighted by molar-refractivity contribution is 5.79. The molecule has 0 aliphatic heterocycles. The van der Waals surface area contributed by atoms with Gasteiger partial charge < -0.3 is 19.9 Å². The number of carbonyl (C=O) groups excluding carboxylic acids is 1. The number of aromatic nitrogens is 2. The summed E-state index contributed by atoms with van der Waals surface area (Å²) in [5.74, 6) is 0.0259. The van der Waals surface area contributed by atoms with Gasteiger partial charge in [-0.15, -0.1) is 0 Å². The first-order valence-corrected chi connectivity index (χ1v) is 6.68. The summed E-state index contributed by atoms with van der Waals surface area (Å²) in [6.07, 6.45) is 4.42. The molecule has 0 aliphatic carbocycles. The maximum Gasteiger partial charge on any atom is 0.242 e. The van der Waals surface area contributed by atoms with Crippen molar-refractivity contribution in [2.75, 3.05) is 26.8 Å². The normalized spacial score (nSPS) is 12.4. The fraction of sp³-hybridized carbons (Fsp3) is 0.692. The molecule has 6 nitrogen and oxygen atoms in total. The van der Waals surface area contributed by atoms with Gasteiger partial charge >= 0.3 is 0 Å². The largest absolute Gasteiger partial charge is 0.383 e. The minimum atomic E-state index is -0.242. The fourth-order valence-corrected chi connectivity index (χ4v) is 1.73. The van der Waals surface area contributed by atoms with Crippen LogP contribution in [-0.2, 0) is 16.1 Å². The Morgan fingerprint density at radius 3 is 3.00 bits per heavy atom. The van der Waals surface area contributed by atoms with Gasteiger partial charge in [0, 0.05) is 32.9 Å². The smallest absolute Gasteiger partial charge is 0.242 e. The van der Waals surface area contributed by atoms with Crippen LogP contribution in [0.25, 0.3) is 0 Å². The summed E-state index contributed by atoms with van der Waals surface area (Å²) in [5.41, 5.74) is 0.996. The molecule has 1 aromatic heterocycles. The standard InChI is InChI=1S/C13H24N4O2/c1-4-5-16-13(18)11(2)17-10-15-9-12(17)8-14-6-7-19-3/h9-11,14H,4-8H2,1-3H3,(H,16,18). The number of methoxy groups -OCH3 is 1. The van der Waals surface area contributed by atoms with Crippen LogP contribution in [0.2, 0.25) is 0 Å². The molecule has 0 fully saturated rings. The van der Waals surface area contributed by atoms with E-state index in [0.717, 1.165) is 18.7 Å². The molecule has 1 aromatic rings. The first-order chi connectivity index (χ1) is 9.20. The van der Waals surface area contributed by atoms with Crippen molar-refractivity contribution in [1.29, 1.82) is 0 Å². The zero-order valence-corrected chi connectivity index (χ0v) is 12.0. The van der Waals surface area contributed by atoms with Crippen LogP contribution in [0.5, 0.6) is 0 Å². The van der Waals surface area contributed by atoms with Crippen molar-refractivity contribution in [3.8, 4) is 0 Å². The van der Waals surface area contributed by atoms with Crippen LogP contribution < -0.4 is 10.6 Å². The van der Waals surface area contributed by atoms with Crippen molar-refractivity contribution >= 4 is 5.91 Å². The molecule has 6 heteroatoms. The van der Waals surface area contributed by atoms with Gasteiger partial charge in [-0.2, -0.15) is 0 Å². The molecule has 2 N–H and O–H groups in total. The second-order valence-electron chi connectivity index (χ2n) is 4.43. The van der Waals surface area contributed by atoms with Gasteiger partial charge in [0.2, 0.25) is 5.91 Å². The van der Waals surface area contributed by atoms with Crippen molar-refractivity contribution < 1.29 is 9.53 Å². The lowest BCUT2D eigenvalue weighted by Gasteiger charge is -2.16. The number of hydrogen-bond donors (Lipinski definition) is 2. The summed E-state index contributed by atoms with van der Waals surface area (Å²) in [4.78, 5) is 16.0. The minimum absolute atomic E-state index is 0.0259. The highest BCUT2D eigenvalue weighted by Crippen LogP contribution is 2.10. The van der Waals surface area contributed by atoms with Gasteiger partial charge in [-0.25, -0.2) is 4.98 Å². The first kappa shape index (κ1) is 15.7. The van der Waals surface area contributed by atoms with Crippen LogP contribution in [0.3, 0.4) is 0 Å². The van der Waals surface area contributed by atoms with E-state index >= 15 is 0 Å². The highest BCUT2D eigenvalue weighted by atomic mass is 16.5. The Kier molecular flexibility index (Phi) is 7.14. The summed E-state index contributed by atoms with van der Waals surface area (Å²) < 4.78 is 6.87. The van der Waals surface area contributed by atoms with Gasteiger partial charge in [-0.3, -0.25) is 4.79 Å². The summed E-state index contributed by atoms with van der Waals surface area (Å²) in [6.45, 7) is 6.74. The summed E-state index contributed by atoms with van der Waals surface area (Å²) in [6, 6.07) is -0.242. The molecule has 1 unspecified atom stereocenters. The number of rotatable bonds is 9. The monoisotopic (exact) mass is 268 g/mol. The number of ether oxygens (including phenoxy) is 1. The number of nitrogens with zero attached hydrogens (tertiary/aromatic N) is 2. The van der Waals surface area contributed by atoms with E-state index in [4.69, 9.17) is 4.74 Å². The van der Waals surface area contributed by atoms with Gasteiger partial charge in [-0.05, 0) is 13.3 Å². The van der Waals surface area contributed by atoms with Gasteiger partial charge in [0.15, 0.2) is 0 Å². The molecular weight excluding hydrogens is 244 g/mol. The Labute approximate surface area is 114 Å². The minimum Gasteiger partial charge on any atom is -0.383 e. The molecule has 1 rings (SSSR count). The first-order valence-electron chi connectivity index (χ1n) is 6.68. The number of carbonyl (C=O) groups is 1. The van der Waals surface area contributed by atoms with Crippen molar-refractivity contribution in [2.24, 2.45) is 0 Å². The molecule has 0 saturated heterocycles. The van der Waals surface area contributed by atoms with Crippen molar-refractivity contribution in [3.63, 3.8) is 0 Å². The molecule has 19 heavy (non-hydrogen) atoms. The fourth-order valence-electron chi connectivity index (χ4n) is 1.73. The van der Waals surface area contributed by atoms with Crippen LogP contribution in [0, 0.1) is 0 Å². The van der Waals surface area contributed by atoms with Gasteiger partial charge in [0.25, 0.3) is 0 Å². The molecule has 0 aromatic carbocycles. The highest BCUT2D eigenvalue weighted by Gasteiger charge is 2.16. The lowest BCUT2D eigenvalue weighted by Crippen LogP contribution is -2.32. The zero-order valence-electron chi connectivity index (χ0n) is 12.0. The van der Waals surface area contributed by atoms with Crippen LogP contribution in [0.1, 0.15) is 32.0 Å². The molecule has 0 aliphatic rings. The maximum atomic E-state index is 11.9. The molecule has 1 amide bonds. The van der Waals surface area contributed by atoms with E-state index < -0.39 is 0 Å². The molecule has 1 heterocycles. The third-order valence-electron chi connectivity index (χ3n) is 2.88. The Hall–Kier alpha value is -1.40. The van der Waals surface area contributed by atoms with Crippen molar-refractivity contribution in [2.45, 2.75) is 32.9 Å². The van der Waals surface area contributed by atoms with E-state index in [1.807, 2.05) is 18.4 Å². The molecule has 108 valence electrons. The number of imidazole rings is 1. The van der Waals surface area contributed by atoms with E-state index in [9.17, 15) is 4.79 Å². The van der Waals surface area contributed by atoms with E-state index in [1.165, 1.54) is 0 Å². The van der Waals surface area contributed by atoms with Gasteiger partial charge in [0.1, 0.15) is 6.04 Å². The number of hydrogen-bond acceptors (Lipinski definition) is 4. The molecule has 0 spiro atoms. The lowest BCUT2D eigenvalue weighted by molar-refractivity contribution is -0.123. The zero-order chi connectivity index (χ0) is 14.1.